The van der Waals surface area contributed by atoms with E-state index in [0.717, 1.165) is 21.5 Å². The van der Waals surface area contributed by atoms with Gasteiger partial charge in [-0.15, -0.1) is 0 Å². The molecule has 2 rings (SSSR count). The van der Waals surface area contributed by atoms with Gasteiger partial charge < -0.3 is 14.8 Å². The third-order valence-electron chi connectivity index (χ3n) is 3.03. The molecule has 22 heavy (non-hydrogen) atoms. The molecule has 1 amide bonds. The first-order valence-electron chi connectivity index (χ1n) is 6.95. The monoisotopic (exact) mass is 363 g/mol. The van der Waals surface area contributed by atoms with E-state index in [2.05, 4.69) is 21.2 Å². The summed E-state index contributed by atoms with van der Waals surface area (Å²) in [7, 11) is 1.62. The van der Waals surface area contributed by atoms with Gasteiger partial charge in [-0.05, 0) is 42.0 Å². The molecular weight excluding hydrogens is 346 g/mol. The number of halogens is 1. The van der Waals surface area contributed by atoms with E-state index in [0.29, 0.717) is 19.6 Å². The predicted octanol–water partition coefficient (Wildman–Crippen LogP) is 3.20. The van der Waals surface area contributed by atoms with Crippen LogP contribution in [0.15, 0.2) is 53.0 Å². The lowest BCUT2D eigenvalue weighted by Gasteiger charge is -2.08. The summed E-state index contributed by atoms with van der Waals surface area (Å²) in [4.78, 5) is 11.8. The van der Waals surface area contributed by atoms with Gasteiger partial charge in [0.25, 0.3) is 0 Å². The second-order valence-corrected chi connectivity index (χ2v) is 5.59. The Morgan fingerprint density at radius 2 is 1.68 bits per heavy atom. The van der Waals surface area contributed by atoms with Gasteiger partial charge in [0.05, 0.1) is 20.1 Å². The average molecular weight is 364 g/mol. The van der Waals surface area contributed by atoms with Crippen LogP contribution in [0.1, 0.15) is 5.56 Å². The lowest BCUT2D eigenvalue weighted by molar-refractivity contribution is -0.120. The number of nitrogens with one attached hydrogen (secondary N) is 1. The van der Waals surface area contributed by atoms with Crippen LogP contribution in [0.5, 0.6) is 11.5 Å². The number of ether oxygens (including phenoxy) is 2. The van der Waals surface area contributed by atoms with Gasteiger partial charge in [-0.3, -0.25) is 4.79 Å². The van der Waals surface area contributed by atoms with Gasteiger partial charge in [-0.2, -0.15) is 0 Å². The van der Waals surface area contributed by atoms with Crippen molar-refractivity contribution in [3.63, 3.8) is 0 Å². The van der Waals surface area contributed by atoms with Crippen LogP contribution in [0.3, 0.4) is 0 Å². The van der Waals surface area contributed by atoms with Crippen LogP contribution in [0.2, 0.25) is 0 Å². The van der Waals surface area contributed by atoms with Gasteiger partial charge in [-0.1, -0.05) is 28.1 Å². The molecule has 116 valence electrons. The Bertz CT molecular complexity index is 596. The zero-order valence-corrected chi connectivity index (χ0v) is 13.9. The summed E-state index contributed by atoms with van der Waals surface area (Å²) >= 11 is 3.37. The third-order valence-corrected chi connectivity index (χ3v) is 3.56. The molecular formula is C17H18BrNO3. The molecule has 0 unspecified atom stereocenters. The smallest absolute Gasteiger partial charge is 0.224 e. The number of carbonyl (C=O) groups excluding carboxylic acids is 1. The summed E-state index contributed by atoms with van der Waals surface area (Å²) in [6, 6.07) is 15.0. The number of carbonyl (C=O) groups is 1. The number of hydrogen-bond donors (Lipinski definition) is 1. The fourth-order valence-electron chi connectivity index (χ4n) is 1.88. The van der Waals surface area contributed by atoms with Crippen LogP contribution in [0, 0.1) is 0 Å². The molecule has 0 atom stereocenters. The van der Waals surface area contributed by atoms with Crippen LogP contribution < -0.4 is 14.8 Å². The average Bonchev–Trinajstić information content (AvgIpc) is 2.54. The number of hydrogen-bond acceptors (Lipinski definition) is 3. The van der Waals surface area contributed by atoms with E-state index in [1.807, 2.05) is 48.5 Å². The molecule has 0 aliphatic heterocycles. The quantitative estimate of drug-likeness (QED) is 0.768. The molecule has 0 aromatic heterocycles. The minimum Gasteiger partial charge on any atom is -0.497 e. The van der Waals surface area contributed by atoms with E-state index >= 15 is 0 Å². The fourth-order valence-corrected chi connectivity index (χ4v) is 2.15. The van der Waals surface area contributed by atoms with E-state index in [9.17, 15) is 4.79 Å². The molecule has 0 heterocycles. The first-order chi connectivity index (χ1) is 10.7. The fraction of sp³-hybridized carbons (Fsp3) is 0.235. The lowest BCUT2D eigenvalue weighted by atomic mass is 10.1. The Labute approximate surface area is 138 Å². The van der Waals surface area contributed by atoms with Crippen molar-refractivity contribution in [3.8, 4) is 11.5 Å². The molecule has 4 nitrogen and oxygen atoms in total. The molecule has 0 aliphatic carbocycles. The first kappa shape index (κ1) is 16.4. The molecule has 1 N–H and O–H groups in total. The second-order valence-electron chi connectivity index (χ2n) is 4.68. The Morgan fingerprint density at radius 1 is 1.05 bits per heavy atom. The standard InChI is InChI=1S/C17H18BrNO3/c1-21-15-6-8-16(9-7-15)22-11-10-19-17(20)12-13-2-4-14(18)5-3-13/h2-9H,10-12H2,1H3,(H,19,20). The first-order valence-corrected chi connectivity index (χ1v) is 7.74. The molecule has 0 saturated heterocycles. The highest BCUT2D eigenvalue weighted by Gasteiger charge is 2.03. The van der Waals surface area contributed by atoms with Gasteiger partial charge in [0.15, 0.2) is 0 Å². The summed E-state index contributed by atoms with van der Waals surface area (Å²) in [6.45, 7) is 0.903. The van der Waals surface area contributed by atoms with Gasteiger partial charge in [0.2, 0.25) is 5.91 Å². The third kappa shape index (κ3) is 5.41. The van der Waals surface area contributed by atoms with E-state index in [1.54, 1.807) is 7.11 Å². The molecule has 0 saturated carbocycles. The Balaban J connectivity index is 1.67. The summed E-state index contributed by atoms with van der Waals surface area (Å²) in [5, 5.41) is 2.84. The predicted molar refractivity (Wildman–Crippen MR) is 89.3 cm³/mol. The summed E-state index contributed by atoms with van der Waals surface area (Å²) in [5.41, 5.74) is 0.983. The normalized spacial score (nSPS) is 10.1. The summed E-state index contributed by atoms with van der Waals surface area (Å²) in [6.07, 6.45) is 0.371. The van der Waals surface area contributed by atoms with Crippen molar-refractivity contribution in [1.82, 2.24) is 5.32 Å². The highest BCUT2D eigenvalue weighted by atomic mass is 79.9. The Hall–Kier alpha value is -2.01. The van der Waals surface area contributed by atoms with Crippen LogP contribution in [0.4, 0.5) is 0 Å². The highest BCUT2D eigenvalue weighted by molar-refractivity contribution is 9.10. The van der Waals surface area contributed by atoms with E-state index < -0.39 is 0 Å². The lowest BCUT2D eigenvalue weighted by Crippen LogP contribution is -2.29. The highest BCUT2D eigenvalue weighted by Crippen LogP contribution is 2.16. The largest absolute Gasteiger partial charge is 0.497 e. The van der Waals surface area contributed by atoms with Crippen molar-refractivity contribution in [2.45, 2.75) is 6.42 Å². The van der Waals surface area contributed by atoms with Crippen molar-refractivity contribution in [3.05, 3.63) is 58.6 Å². The van der Waals surface area contributed by atoms with Crippen molar-refractivity contribution >= 4 is 21.8 Å². The minimum atomic E-state index is -0.0133. The second kappa shape index (κ2) is 8.44. The molecule has 0 aliphatic rings. The number of benzene rings is 2. The number of rotatable bonds is 7. The van der Waals surface area contributed by atoms with Crippen molar-refractivity contribution in [2.24, 2.45) is 0 Å². The zero-order valence-electron chi connectivity index (χ0n) is 12.3. The van der Waals surface area contributed by atoms with Gasteiger partial charge in [0, 0.05) is 4.47 Å². The molecule has 0 bridgehead atoms. The number of methoxy groups -OCH3 is 1. The molecule has 0 fully saturated rings. The van der Waals surface area contributed by atoms with E-state index in [4.69, 9.17) is 9.47 Å². The molecule has 0 radical (unpaired) electrons. The summed E-state index contributed by atoms with van der Waals surface area (Å²) < 4.78 is 11.6. The van der Waals surface area contributed by atoms with Crippen LogP contribution in [-0.2, 0) is 11.2 Å². The Morgan fingerprint density at radius 3 is 2.32 bits per heavy atom. The maximum absolute atomic E-state index is 11.8. The van der Waals surface area contributed by atoms with E-state index in [1.165, 1.54) is 0 Å². The zero-order chi connectivity index (χ0) is 15.8. The topological polar surface area (TPSA) is 47.6 Å². The van der Waals surface area contributed by atoms with Crippen molar-refractivity contribution in [1.29, 1.82) is 0 Å². The molecule has 2 aromatic rings. The summed E-state index contributed by atoms with van der Waals surface area (Å²) in [5.74, 6) is 1.53. The van der Waals surface area contributed by atoms with Crippen LogP contribution in [0.25, 0.3) is 0 Å². The maximum Gasteiger partial charge on any atom is 0.224 e. The molecule has 2 aromatic carbocycles. The maximum atomic E-state index is 11.8. The minimum absolute atomic E-state index is 0.0133. The van der Waals surface area contributed by atoms with Gasteiger partial charge >= 0.3 is 0 Å². The van der Waals surface area contributed by atoms with E-state index in [-0.39, 0.29) is 5.91 Å². The number of amides is 1. The van der Waals surface area contributed by atoms with Crippen LogP contribution >= 0.6 is 15.9 Å². The molecule has 0 spiro atoms. The van der Waals surface area contributed by atoms with Crippen LogP contribution in [-0.4, -0.2) is 26.2 Å². The van der Waals surface area contributed by atoms with Crippen molar-refractivity contribution < 1.29 is 14.3 Å². The van der Waals surface area contributed by atoms with Crippen molar-refractivity contribution in [2.75, 3.05) is 20.3 Å². The Kier molecular flexibility index (Phi) is 6.27. The SMILES string of the molecule is COc1ccc(OCCNC(=O)Cc2ccc(Br)cc2)cc1. The van der Waals surface area contributed by atoms with Gasteiger partial charge in [0.1, 0.15) is 18.1 Å². The van der Waals surface area contributed by atoms with Gasteiger partial charge in [-0.25, -0.2) is 0 Å². The molecule has 5 heteroatoms.